The van der Waals surface area contributed by atoms with E-state index in [2.05, 4.69) is 12.2 Å². The van der Waals surface area contributed by atoms with E-state index in [1.807, 2.05) is 18.7 Å². The summed E-state index contributed by atoms with van der Waals surface area (Å²) in [5, 5.41) is 2.84. The molecule has 1 N–H and O–H groups in total. The van der Waals surface area contributed by atoms with Crippen LogP contribution in [0, 0.1) is 5.92 Å². The van der Waals surface area contributed by atoms with Crippen molar-refractivity contribution in [3.63, 3.8) is 0 Å². The van der Waals surface area contributed by atoms with Gasteiger partial charge in [-0.15, -0.1) is 0 Å². The predicted molar refractivity (Wildman–Crippen MR) is 69.9 cm³/mol. The number of carbonyl (C=O) groups excluding carboxylic acids is 2. The lowest BCUT2D eigenvalue weighted by Crippen LogP contribution is -2.65. The molecule has 2 amide bonds. The highest BCUT2D eigenvalue weighted by Crippen LogP contribution is 2.35. The van der Waals surface area contributed by atoms with Crippen LogP contribution in [0.3, 0.4) is 0 Å². The molecule has 18 heavy (non-hydrogen) atoms. The standard InChI is InChI=1S/C14H24N2O2/c1-4-11-14(18)16(9(3)8-10-6-7-10)12(5-2)13(17)15-11/h9-12H,4-8H2,1-3H3,(H,15,17). The molecule has 1 aliphatic carbocycles. The smallest absolute Gasteiger partial charge is 0.246 e. The normalized spacial score (nSPS) is 30.3. The van der Waals surface area contributed by atoms with Crippen LogP contribution in [0.25, 0.3) is 0 Å². The molecule has 0 aromatic heterocycles. The quantitative estimate of drug-likeness (QED) is 0.809. The van der Waals surface area contributed by atoms with Crippen molar-refractivity contribution in [3.05, 3.63) is 0 Å². The van der Waals surface area contributed by atoms with E-state index in [0.29, 0.717) is 12.8 Å². The van der Waals surface area contributed by atoms with Gasteiger partial charge in [-0.25, -0.2) is 0 Å². The molecule has 4 heteroatoms. The van der Waals surface area contributed by atoms with Crippen LogP contribution in [0.15, 0.2) is 0 Å². The first kappa shape index (κ1) is 13.4. The van der Waals surface area contributed by atoms with Crippen LogP contribution in [-0.4, -0.2) is 34.8 Å². The van der Waals surface area contributed by atoms with E-state index in [9.17, 15) is 9.59 Å². The second-order valence-electron chi connectivity index (χ2n) is 5.67. The fourth-order valence-corrected chi connectivity index (χ4v) is 2.92. The first-order valence-electron chi connectivity index (χ1n) is 7.21. The summed E-state index contributed by atoms with van der Waals surface area (Å²) in [6.07, 6.45) is 4.99. The maximum absolute atomic E-state index is 12.4. The maximum Gasteiger partial charge on any atom is 0.246 e. The Hall–Kier alpha value is -1.06. The van der Waals surface area contributed by atoms with Crippen LogP contribution in [-0.2, 0) is 9.59 Å². The van der Waals surface area contributed by atoms with Gasteiger partial charge in [-0.05, 0) is 32.1 Å². The SMILES string of the molecule is CCC1NC(=O)C(CC)N(C(C)CC2CC2)C1=O. The monoisotopic (exact) mass is 252 g/mol. The van der Waals surface area contributed by atoms with Crippen LogP contribution in [0.1, 0.15) is 52.9 Å². The number of nitrogens with zero attached hydrogens (tertiary/aromatic N) is 1. The number of nitrogens with one attached hydrogen (secondary N) is 1. The summed E-state index contributed by atoms with van der Waals surface area (Å²) >= 11 is 0. The number of rotatable bonds is 5. The Kier molecular flexibility index (Phi) is 3.93. The summed E-state index contributed by atoms with van der Waals surface area (Å²) in [6.45, 7) is 6.00. The Morgan fingerprint density at radius 3 is 2.44 bits per heavy atom. The van der Waals surface area contributed by atoms with Crippen molar-refractivity contribution in [3.8, 4) is 0 Å². The lowest BCUT2D eigenvalue weighted by atomic mass is 9.99. The summed E-state index contributed by atoms with van der Waals surface area (Å²) in [6, 6.07) is -0.397. The molecule has 1 saturated heterocycles. The average molecular weight is 252 g/mol. The van der Waals surface area contributed by atoms with E-state index in [-0.39, 0.29) is 29.9 Å². The van der Waals surface area contributed by atoms with E-state index in [1.165, 1.54) is 12.8 Å². The predicted octanol–water partition coefficient (Wildman–Crippen LogP) is 1.69. The van der Waals surface area contributed by atoms with Gasteiger partial charge >= 0.3 is 0 Å². The van der Waals surface area contributed by atoms with Crippen molar-refractivity contribution >= 4 is 11.8 Å². The molecular formula is C14H24N2O2. The molecule has 0 spiro atoms. The zero-order valence-corrected chi connectivity index (χ0v) is 11.6. The third-order valence-electron chi connectivity index (χ3n) is 4.15. The molecule has 1 saturated carbocycles. The largest absolute Gasteiger partial charge is 0.343 e. The minimum atomic E-state index is -0.318. The minimum Gasteiger partial charge on any atom is -0.343 e. The van der Waals surface area contributed by atoms with Crippen molar-refractivity contribution in [2.45, 2.75) is 71.0 Å². The molecule has 0 aromatic carbocycles. The molecular weight excluding hydrogens is 228 g/mol. The fourth-order valence-electron chi connectivity index (χ4n) is 2.92. The van der Waals surface area contributed by atoms with Crippen LogP contribution in [0.4, 0.5) is 0 Å². The van der Waals surface area contributed by atoms with Gasteiger partial charge in [-0.2, -0.15) is 0 Å². The molecule has 0 bridgehead atoms. The fraction of sp³-hybridized carbons (Fsp3) is 0.857. The van der Waals surface area contributed by atoms with Gasteiger partial charge in [0.15, 0.2) is 0 Å². The molecule has 4 nitrogen and oxygen atoms in total. The molecule has 102 valence electrons. The minimum absolute atomic E-state index is 0.0200. The Balaban J connectivity index is 2.13. The lowest BCUT2D eigenvalue weighted by Gasteiger charge is -2.42. The van der Waals surface area contributed by atoms with Gasteiger partial charge in [0.05, 0.1) is 0 Å². The van der Waals surface area contributed by atoms with Gasteiger partial charge in [0, 0.05) is 6.04 Å². The van der Waals surface area contributed by atoms with E-state index >= 15 is 0 Å². The summed E-state index contributed by atoms with van der Waals surface area (Å²) in [5.41, 5.74) is 0. The molecule has 2 aliphatic rings. The highest BCUT2D eigenvalue weighted by atomic mass is 16.2. The van der Waals surface area contributed by atoms with Gasteiger partial charge in [0.25, 0.3) is 0 Å². The zero-order valence-electron chi connectivity index (χ0n) is 11.6. The third kappa shape index (κ3) is 2.52. The number of hydrogen-bond acceptors (Lipinski definition) is 2. The van der Waals surface area contributed by atoms with Gasteiger partial charge in [-0.1, -0.05) is 26.7 Å². The average Bonchev–Trinajstić information content (AvgIpc) is 3.14. The number of amides is 2. The first-order valence-corrected chi connectivity index (χ1v) is 7.21. The maximum atomic E-state index is 12.4. The highest BCUT2D eigenvalue weighted by molar-refractivity contribution is 5.97. The first-order chi connectivity index (χ1) is 8.58. The second kappa shape index (κ2) is 5.29. The number of hydrogen-bond donors (Lipinski definition) is 1. The number of piperazine rings is 1. The van der Waals surface area contributed by atoms with E-state index in [1.54, 1.807) is 0 Å². The molecule has 1 aliphatic heterocycles. The van der Waals surface area contributed by atoms with Crippen LogP contribution < -0.4 is 5.32 Å². The summed E-state index contributed by atoms with van der Waals surface area (Å²) in [5.74, 6) is 0.902. The van der Waals surface area contributed by atoms with Gasteiger partial charge < -0.3 is 10.2 Å². The molecule has 1 heterocycles. The molecule has 2 rings (SSSR count). The van der Waals surface area contributed by atoms with Crippen molar-refractivity contribution in [1.29, 1.82) is 0 Å². The van der Waals surface area contributed by atoms with Crippen molar-refractivity contribution < 1.29 is 9.59 Å². The molecule has 0 radical (unpaired) electrons. The summed E-state index contributed by atoms with van der Waals surface area (Å²) in [7, 11) is 0. The highest BCUT2D eigenvalue weighted by Gasteiger charge is 2.42. The van der Waals surface area contributed by atoms with E-state index < -0.39 is 0 Å². The molecule has 2 fully saturated rings. The van der Waals surface area contributed by atoms with Gasteiger partial charge in [0.2, 0.25) is 11.8 Å². The summed E-state index contributed by atoms with van der Waals surface area (Å²) in [4.78, 5) is 26.3. The summed E-state index contributed by atoms with van der Waals surface area (Å²) < 4.78 is 0. The Labute approximate surface area is 109 Å². The lowest BCUT2D eigenvalue weighted by molar-refractivity contribution is -0.152. The molecule has 3 unspecified atom stereocenters. The molecule has 0 aromatic rings. The van der Waals surface area contributed by atoms with Crippen molar-refractivity contribution in [2.24, 2.45) is 5.92 Å². The molecule has 3 atom stereocenters. The van der Waals surface area contributed by atoms with E-state index in [0.717, 1.165) is 12.3 Å². The Morgan fingerprint density at radius 1 is 1.28 bits per heavy atom. The Morgan fingerprint density at radius 2 is 1.94 bits per heavy atom. The van der Waals surface area contributed by atoms with Crippen LogP contribution >= 0.6 is 0 Å². The van der Waals surface area contributed by atoms with Crippen LogP contribution in [0.5, 0.6) is 0 Å². The van der Waals surface area contributed by atoms with Gasteiger partial charge in [-0.3, -0.25) is 9.59 Å². The second-order valence-corrected chi connectivity index (χ2v) is 5.67. The third-order valence-corrected chi connectivity index (χ3v) is 4.15. The zero-order chi connectivity index (χ0) is 13.3. The van der Waals surface area contributed by atoms with E-state index in [4.69, 9.17) is 0 Å². The van der Waals surface area contributed by atoms with Crippen molar-refractivity contribution in [1.82, 2.24) is 10.2 Å². The topological polar surface area (TPSA) is 49.4 Å². The van der Waals surface area contributed by atoms with Crippen molar-refractivity contribution in [2.75, 3.05) is 0 Å². The number of carbonyl (C=O) groups is 2. The Bertz CT molecular complexity index is 339. The van der Waals surface area contributed by atoms with Crippen LogP contribution in [0.2, 0.25) is 0 Å². The van der Waals surface area contributed by atoms with Gasteiger partial charge in [0.1, 0.15) is 12.1 Å².